The van der Waals surface area contributed by atoms with Crippen molar-refractivity contribution >= 4 is 11.9 Å². The van der Waals surface area contributed by atoms with Gasteiger partial charge < -0.3 is 14.6 Å². The molecule has 0 saturated carbocycles. The van der Waals surface area contributed by atoms with Crippen LogP contribution in [0.4, 0.5) is 0 Å². The van der Waals surface area contributed by atoms with Gasteiger partial charge >= 0.3 is 0 Å². The number of aromatic amines is 1. The molecule has 1 fully saturated rings. The summed E-state index contributed by atoms with van der Waals surface area (Å²) in [5.41, 5.74) is 4.33. The van der Waals surface area contributed by atoms with Crippen LogP contribution in [0.15, 0.2) is 35.7 Å². The van der Waals surface area contributed by atoms with Gasteiger partial charge in [-0.1, -0.05) is 12.1 Å². The SMILES string of the molecule is Cc1cc(-c2nnc[nH]2)ccc1C1=CN(CCC2CCOCC2)C(C)(C)C=N1. The van der Waals surface area contributed by atoms with E-state index < -0.39 is 0 Å². The van der Waals surface area contributed by atoms with E-state index >= 15 is 0 Å². The number of benzene rings is 1. The summed E-state index contributed by atoms with van der Waals surface area (Å²) in [5.74, 6) is 1.55. The second-order valence-electron chi connectivity index (χ2n) is 8.33. The predicted octanol–water partition coefficient (Wildman–Crippen LogP) is 4.06. The zero-order valence-electron chi connectivity index (χ0n) is 17.0. The van der Waals surface area contributed by atoms with E-state index in [9.17, 15) is 0 Å². The lowest BCUT2D eigenvalue weighted by Gasteiger charge is -2.39. The van der Waals surface area contributed by atoms with Gasteiger partial charge in [0.05, 0.1) is 11.2 Å². The maximum atomic E-state index is 5.50. The van der Waals surface area contributed by atoms with Gasteiger partial charge in [0.15, 0.2) is 5.82 Å². The van der Waals surface area contributed by atoms with Crippen LogP contribution in [0.5, 0.6) is 0 Å². The second kappa shape index (κ2) is 7.87. The molecule has 0 bridgehead atoms. The first kappa shape index (κ1) is 18.9. The van der Waals surface area contributed by atoms with Gasteiger partial charge in [0.25, 0.3) is 0 Å². The number of nitrogens with one attached hydrogen (secondary N) is 1. The van der Waals surface area contributed by atoms with E-state index in [1.807, 2.05) is 0 Å². The monoisotopic (exact) mass is 379 g/mol. The Balaban J connectivity index is 1.53. The number of ether oxygens (including phenoxy) is 1. The molecule has 148 valence electrons. The highest BCUT2D eigenvalue weighted by Crippen LogP contribution is 2.30. The molecule has 0 radical (unpaired) electrons. The largest absolute Gasteiger partial charge is 0.381 e. The number of rotatable bonds is 5. The molecule has 0 aliphatic carbocycles. The lowest BCUT2D eigenvalue weighted by Crippen LogP contribution is -2.44. The number of nitrogens with zero attached hydrogens (tertiary/aromatic N) is 4. The quantitative estimate of drug-likeness (QED) is 0.851. The van der Waals surface area contributed by atoms with Gasteiger partial charge in [-0.3, -0.25) is 4.99 Å². The van der Waals surface area contributed by atoms with Crippen molar-refractivity contribution < 1.29 is 4.74 Å². The molecule has 1 N–H and O–H groups in total. The summed E-state index contributed by atoms with van der Waals surface area (Å²) in [6.07, 6.45) is 9.48. The van der Waals surface area contributed by atoms with Crippen LogP contribution < -0.4 is 0 Å². The van der Waals surface area contributed by atoms with E-state index in [1.165, 1.54) is 24.8 Å². The molecule has 6 heteroatoms. The summed E-state index contributed by atoms with van der Waals surface area (Å²) in [4.78, 5) is 10.3. The van der Waals surface area contributed by atoms with Crippen LogP contribution in [0.25, 0.3) is 17.1 Å². The Labute approximate surface area is 166 Å². The van der Waals surface area contributed by atoms with Gasteiger partial charge in [-0.05, 0) is 57.6 Å². The molecular weight excluding hydrogens is 350 g/mol. The van der Waals surface area contributed by atoms with Gasteiger partial charge in [-0.2, -0.15) is 0 Å². The summed E-state index contributed by atoms with van der Waals surface area (Å²) < 4.78 is 5.50. The molecule has 0 unspecified atom stereocenters. The number of hydrogen-bond donors (Lipinski definition) is 1. The summed E-state index contributed by atoms with van der Waals surface area (Å²) >= 11 is 0. The minimum atomic E-state index is -0.0671. The van der Waals surface area contributed by atoms with E-state index in [1.54, 1.807) is 6.33 Å². The first-order chi connectivity index (χ1) is 13.5. The number of H-pyrrole nitrogens is 1. The maximum absolute atomic E-state index is 5.50. The molecule has 1 aromatic heterocycles. The Morgan fingerprint density at radius 1 is 1.25 bits per heavy atom. The summed E-state index contributed by atoms with van der Waals surface area (Å²) in [6, 6.07) is 6.34. The Morgan fingerprint density at radius 3 is 2.79 bits per heavy atom. The molecular formula is C22H29N5O. The minimum absolute atomic E-state index is 0.0671. The third kappa shape index (κ3) is 4.02. The summed E-state index contributed by atoms with van der Waals surface area (Å²) in [5, 5.41) is 7.97. The van der Waals surface area contributed by atoms with E-state index in [-0.39, 0.29) is 5.54 Å². The second-order valence-corrected chi connectivity index (χ2v) is 8.33. The lowest BCUT2D eigenvalue weighted by atomic mass is 9.94. The molecule has 2 aliphatic heterocycles. The zero-order chi connectivity index (χ0) is 19.6. The Kier molecular flexibility index (Phi) is 5.31. The van der Waals surface area contributed by atoms with Crippen molar-refractivity contribution in [3.8, 4) is 11.4 Å². The topological polar surface area (TPSA) is 66.4 Å². The van der Waals surface area contributed by atoms with Gasteiger partial charge in [0, 0.05) is 43.3 Å². The number of aromatic nitrogens is 3. The standard InChI is InChI=1S/C22H29N5O/c1-16-12-18(21-24-15-25-26-21)4-5-19(16)20-13-27(22(2,3)14-23-20)9-6-17-7-10-28-11-8-17/h4-5,12-15,17H,6-11H2,1-3H3,(H,24,25,26). The van der Waals surface area contributed by atoms with Gasteiger partial charge in [0.2, 0.25) is 0 Å². The molecule has 2 aromatic rings. The first-order valence-corrected chi connectivity index (χ1v) is 10.1. The van der Waals surface area contributed by atoms with Gasteiger partial charge in [-0.25, -0.2) is 0 Å². The highest BCUT2D eigenvalue weighted by atomic mass is 16.5. The van der Waals surface area contributed by atoms with Crippen molar-refractivity contribution in [3.05, 3.63) is 41.9 Å². The van der Waals surface area contributed by atoms with Crippen molar-refractivity contribution in [1.82, 2.24) is 20.1 Å². The van der Waals surface area contributed by atoms with E-state index in [0.717, 1.165) is 48.3 Å². The molecule has 0 spiro atoms. The fourth-order valence-corrected chi connectivity index (χ4v) is 3.94. The normalized spacial score (nSPS) is 19.7. The van der Waals surface area contributed by atoms with Crippen LogP contribution in [0.3, 0.4) is 0 Å². The average molecular weight is 380 g/mol. The fourth-order valence-electron chi connectivity index (χ4n) is 3.94. The lowest BCUT2D eigenvalue weighted by molar-refractivity contribution is 0.0600. The molecule has 1 saturated heterocycles. The predicted molar refractivity (Wildman–Crippen MR) is 112 cm³/mol. The average Bonchev–Trinajstić information content (AvgIpc) is 3.23. The van der Waals surface area contributed by atoms with Crippen molar-refractivity contribution in [1.29, 1.82) is 0 Å². The maximum Gasteiger partial charge on any atom is 0.161 e. The van der Waals surface area contributed by atoms with Crippen LogP contribution in [0, 0.1) is 12.8 Å². The summed E-state index contributed by atoms with van der Waals surface area (Å²) in [6.45, 7) is 9.45. The van der Waals surface area contributed by atoms with Crippen LogP contribution in [-0.4, -0.2) is 51.6 Å². The molecule has 28 heavy (non-hydrogen) atoms. The highest BCUT2D eigenvalue weighted by Gasteiger charge is 2.27. The van der Waals surface area contributed by atoms with Crippen molar-refractivity contribution in [2.45, 2.75) is 45.6 Å². The van der Waals surface area contributed by atoms with Crippen LogP contribution >= 0.6 is 0 Å². The Bertz CT molecular complexity index is 863. The van der Waals surface area contributed by atoms with Gasteiger partial charge in [0.1, 0.15) is 6.33 Å². The van der Waals surface area contributed by atoms with Crippen molar-refractivity contribution in [2.24, 2.45) is 10.9 Å². The number of hydrogen-bond acceptors (Lipinski definition) is 5. The number of aryl methyl sites for hydroxylation is 1. The highest BCUT2D eigenvalue weighted by molar-refractivity contribution is 5.83. The molecule has 0 atom stereocenters. The Hall–Kier alpha value is -2.47. The van der Waals surface area contributed by atoms with Crippen molar-refractivity contribution in [3.63, 3.8) is 0 Å². The molecule has 4 rings (SSSR count). The number of aliphatic imine (C=N–C) groups is 1. The van der Waals surface area contributed by atoms with E-state index in [2.05, 4.69) is 71.5 Å². The minimum Gasteiger partial charge on any atom is -0.381 e. The fraction of sp³-hybridized carbons (Fsp3) is 0.500. The Morgan fingerprint density at radius 2 is 2.07 bits per heavy atom. The summed E-state index contributed by atoms with van der Waals surface area (Å²) in [7, 11) is 0. The third-order valence-corrected chi connectivity index (χ3v) is 5.85. The molecule has 6 nitrogen and oxygen atoms in total. The molecule has 0 amide bonds. The molecule has 3 heterocycles. The first-order valence-electron chi connectivity index (χ1n) is 10.1. The van der Waals surface area contributed by atoms with Crippen LogP contribution in [0.2, 0.25) is 0 Å². The smallest absolute Gasteiger partial charge is 0.161 e. The van der Waals surface area contributed by atoms with Gasteiger partial charge in [-0.15, -0.1) is 10.2 Å². The van der Waals surface area contributed by atoms with Crippen LogP contribution in [0.1, 0.15) is 44.2 Å². The molecule has 2 aliphatic rings. The third-order valence-electron chi connectivity index (χ3n) is 5.85. The van der Waals surface area contributed by atoms with E-state index in [0.29, 0.717) is 0 Å². The van der Waals surface area contributed by atoms with Crippen molar-refractivity contribution in [2.75, 3.05) is 19.8 Å². The van der Waals surface area contributed by atoms with Crippen LogP contribution in [-0.2, 0) is 4.74 Å². The van der Waals surface area contributed by atoms with E-state index in [4.69, 9.17) is 9.73 Å². The molecule has 1 aromatic carbocycles. The zero-order valence-corrected chi connectivity index (χ0v) is 17.0.